The van der Waals surface area contributed by atoms with Crippen molar-refractivity contribution in [3.05, 3.63) is 41.5 Å². The Bertz CT molecular complexity index is 723. The Balaban J connectivity index is 1.45. The van der Waals surface area contributed by atoms with Crippen LogP contribution in [0.5, 0.6) is 0 Å². The van der Waals surface area contributed by atoms with E-state index < -0.39 is 5.97 Å². The van der Waals surface area contributed by atoms with E-state index in [0.29, 0.717) is 6.54 Å². The number of carbonyl (C=O) groups is 2. The molecule has 0 spiro atoms. The average Bonchev–Trinajstić information content (AvgIpc) is 2.68. The molecule has 6 heteroatoms. The van der Waals surface area contributed by atoms with E-state index >= 15 is 0 Å². The second-order valence-electron chi connectivity index (χ2n) is 7.70. The lowest BCUT2D eigenvalue weighted by molar-refractivity contribution is -0.139. The normalized spacial score (nSPS) is 21.8. The number of carboxylic acids is 1. The van der Waals surface area contributed by atoms with E-state index in [1.54, 1.807) is 0 Å². The van der Waals surface area contributed by atoms with Crippen LogP contribution in [-0.4, -0.2) is 65.2 Å². The van der Waals surface area contributed by atoms with Crippen LogP contribution in [-0.2, 0) is 11.2 Å². The highest BCUT2D eigenvalue weighted by Crippen LogP contribution is 2.27. The SMILES string of the molecule is CCc1ccc(C2=CCN(C(=O)NC3CC(N(CC)CC(=O)O)C3)CC2)cc1. The van der Waals surface area contributed by atoms with Crippen molar-refractivity contribution in [1.29, 1.82) is 0 Å². The van der Waals surface area contributed by atoms with E-state index in [2.05, 4.69) is 42.6 Å². The van der Waals surface area contributed by atoms with Gasteiger partial charge < -0.3 is 15.3 Å². The molecule has 1 aromatic carbocycles. The van der Waals surface area contributed by atoms with Gasteiger partial charge in [-0.3, -0.25) is 9.69 Å². The van der Waals surface area contributed by atoms with Crippen molar-refractivity contribution in [3.8, 4) is 0 Å². The predicted octanol–water partition coefficient (Wildman–Crippen LogP) is 2.99. The van der Waals surface area contributed by atoms with Gasteiger partial charge in [0.05, 0.1) is 6.54 Å². The number of nitrogens with one attached hydrogen (secondary N) is 1. The fourth-order valence-corrected chi connectivity index (χ4v) is 4.01. The van der Waals surface area contributed by atoms with Gasteiger partial charge in [0.2, 0.25) is 0 Å². The first-order valence-corrected chi connectivity index (χ1v) is 10.3. The number of likely N-dealkylation sites (N-methyl/N-ethyl adjacent to an activating group) is 1. The van der Waals surface area contributed by atoms with Crippen molar-refractivity contribution in [2.24, 2.45) is 0 Å². The summed E-state index contributed by atoms with van der Waals surface area (Å²) < 4.78 is 0. The highest BCUT2D eigenvalue weighted by molar-refractivity contribution is 5.77. The molecule has 3 rings (SSSR count). The van der Waals surface area contributed by atoms with E-state index in [9.17, 15) is 9.59 Å². The molecule has 1 saturated carbocycles. The summed E-state index contributed by atoms with van der Waals surface area (Å²) in [4.78, 5) is 27.3. The molecular weight excluding hydrogens is 354 g/mol. The molecule has 152 valence electrons. The van der Waals surface area contributed by atoms with Crippen LogP contribution in [0, 0.1) is 0 Å². The number of aliphatic carboxylic acids is 1. The Morgan fingerprint density at radius 1 is 1.21 bits per heavy atom. The molecule has 0 bridgehead atoms. The van der Waals surface area contributed by atoms with Crippen LogP contribution in [0.2, 0.25) is 0 Å². The third-order valence-electron chi connectivity index (χ3n) is 5.93. The van der Waals surface area contributed by atoms with Gasteiger partial charge in [0, 0.05) is 25.2 Å². The van der Waals surface area contributed by atoms with Crippen molar-refractivity contribution in [2.75, 3.05) is 26.2 Å². The van der Waals surface area contributed by atoms with E-state index in [4.69, 9.17) is 5.11 Å². The van der Waals surface area contributed by atoms with Crippen molar-refractivity contribution in [2.45, 2.75) is 51.6 Å². The van der Waals surface area contributed by atoms with Gasteiger partial charge in [0.1, 0.15) is 0 Å². The number of carboxylic acid groups (broad SMARTS) is 1. The molecule has 1 aliphatic heterocycles. The molecule has 1 heterocycles. The van der Waals surface area contributed by atoms with Crippen LogP contribution >= 0.6 is 0 Å². The van der Waals surface area contributed by atoms with Crippen LogP contribution < -0.4 is 5.32 Å². The molecule has 1 aliphatic carbocycles. The lowest BCUT2D eigenvalue weighted by Crippen LogP contribution is -2.57. The molecule has 2 N–H and O–H groups in total. The molecule has 0 saturated heterocycles. The summed E-state index contributed by atoms with van der Waals surface area (Å²) in [6.45, 7) is 6.28. The van der Waals surface area contributed by atoms with Gasteiger partial charge in [-0.1, -0.05) is 44.2 Å². The molecule has 0 radical (unpaired) electrons. The van der Waals surface area contributed by atoms with Crippen LogP contribution in [0.25, 0.3) is 5.57 Å². The largest absolute Gasteiger partial charge is 0.480 e. The molecule has 1 aromatic rings. The number of amides is 2. The average molecular weight is 386 g/mol. The van der Waals surface area contributed by atoms with Crippen LogP contribution in [0.15, 0.2) is 30.3 Å². The maximum Gasteiger partial charge on any atom is 0.317 e. The number of urea groups is 1. The number of hydrogen-bond acceptors (Lipinski definition) is 3. The van der Waals surface area contributed by atoms with Crippen molar-refractivity contribution in [3.63, 3.8) is 0 Å². The zero-order chi connectivity index (χ0) is 20.1. The first-order chi connectivity index (χ1) is 13.5. The first-order valence-electron chi connectivity index (χ1n) is 10.3. The molecule has 0 aromatic heterocycles. The molecule has 6 nitrogen and oxygen atoms in total. The molecule has 2 aliphatic rings. The summed E-state index contributed by atoms with van der Waals surface area (Å²) >= 11 is 0. The Kier molecular flexibility index (Phi) is 6.73. The minimum Gasteiger partial charge on any atom is -0.480 e. The van der Waals surface area contributed by atoms with E-state index in [1.165, 1.54) is 16.7 Å². The standard InChI is InChI=1S/C22H31N3O3/c1-3-16-5-7-17(8-6-16)18-9-11-25(12-10-18)22(28)23-19-13-20(14-19)24(4-2)15-21(26)27/h5-9,19-20H,3-4,10-15H2,1-2H3,(H,23,28)(H,26,27). The number of benzene rings is 1. The highest BCUT2D eigenvalue weighted by atomic mass is 16.4. The lowest BCUT2D eigenvalue weighted by Gasteiger charge is -2.43. The quantitative estimate of drug-likeness (QED) is 0.757. The fourth-order valence-electron chi connectivity index (χ4n) is 4.01. The summed E-state index contributed by atoms with van der Waals surface area (Å²) in [7, 11) is 0. The molecule has 28 heavy (non-hydrogen) atoms. The van der Waals surface area contributed by atoms with Crippen molar-refractivity contribution < 1.29 is 14.7 Å². The van der Waals surface area contributed by atoms with Gasteiger partial charge in [0.15, 0.2) is 0 Å². The fraction of sp³-hybridized carbons (Fsp3) is 0.545. The van der Waals surface area contributed by atoms with Gasteiger partial charge in [-0.2, -0.15) is 0 Å². The van der Waals surface area contributed by atoms with Gasteiger partial charge >= 0.3 is 12.0 Å². The zero-order valence-electron chi connectivity index (χ0n) is 16.9. The van der Waals surface area contributed by atoms with Gasteiger partial charge in [-0.25, -0.2) is 4.79 Å². The minimum atomic E-state index is -0.797. The Morgan fingerprint density at radius 2 is 1.93 bits per heavy atom. The van der Waals surface area contributed by atoms with Crippen LogP contribution in [0.1, 0.15) is 44.2 Å². The summed E-state index contributed by atoms with van der Waals surface area (Å²) in [5.74, 6) is -0.797. The second-order valence-corrected chi connectivity index (χ2v) is 7.70. The number of aryl methyl sites for hydroxylation is 1. The Labute approximate surface area is 167 Å². The molecule has 2 amide bonds. The summed E-state index contributed by atoms with van der Waals surface area (Å²) in [6, 6.07) is 9.08. The van der Waals surface area contributed by atoms with E-state index in [-0.39, 0.29) is 24.7 Å². The second kappa shape index (κ2) is 9.24. The summed E-state index contributed by atoms with van der Waals surface area (Å²) in [5.41, 5.74) is 3.89. The topological polar surface area (TPSA) is 72.9 Å². The smallest absolute Gasteiger partial charge is 0.317 e. The van der Waals surface area contributed by atoms with Gasteiger partial charge in [-0.15, -0.1) is 0 Å². The summed E-state index contributed by atoms with van der Waals surface area (Å²) in [5, 5.41) is 12.1. The van der Waals surface area contributed by atoms with E-state index in [0.717, 1.165) is 38.8 Å². The molecule has 0 atom stereocenters. The Morgan fingerprint density at radius 3 is 2.46 bits per heavy atom. The number of hydrogen-bond donors (Lipinski definition) is 2. The van der Waals surface area contributed by atoms with Crippen molar-refractivity contribution in [1.82, 2.24) is 15.1 Å². The van der Waals surface area contributed by atoms with Crippen LogP contribution in [0.3, 0.4) is 0 Å². The first kappa shape index (κ1) is 20.4. The molecule has 0 unspecified atom stereocenters. The number of carbonyl (C=O) groups excluding carboxylic acids is 1. The molecular formula is C22H31N3O3. The third-order valence-corrected chi connectivity index (χ3v) is 5.93. The predicted molar refractivity (Wildman–Crippen MR) is 110 cm³/mol. The zero-order valence-corrected chi connectivity index (χ0v) is 16.9. The third kappa shape index (κ3) is 4.93. The van der Waals surface area contributed by atoms with Crippen LogP contribution in [0.4, 0.5) is 4.79 Å². The lowest BCUT2D eigenvalue weighted by atomic mass is 9.85. The Hall–Kier alpha value is -2.34. The summed E-state index contributed by atoms with van der Waals surface area (Å²) in [6.07, 6.45) is 5.71. The van der Waals surface area contributed by atoms with Gasteiger partial charge in [-0.05, 0) is 48.9 Å². The monoisotopic (exact) mass is 385 g/mol. The maximum atomic E-state index is 12.5. The van der Waals surface area contributed by atoms with E-state index in [1.807, 2.05) is 16.7 Å². The number of rotatable bonds is 7. The van der Waals surface area contributed by atoms with Crippen molar-refractivity contribution >= 4 is 17.6 Å². The highest BCUT2D eigenvalue weighted by Gasteiger charge is 2.35. The molecule has 1 fully saturated rings. The van der Waals surface area contributed by atoms with Gasteiger partial charge in [0.25, 0.3) is 0 Å². The maximum absolute atomic E-state index is 12.5. The minimum absolute atomic E-state index is 0.0126. The number of nitrogens with zero attached hydrogens (tertiary/aromatic N) is 2.